The van der Waals surface area contributed by atoms with Gasteiger partial charge in [0, 0.05) is 6.42 Å². The SMILES string of the molecule is O=C(O)C1CCC(=O)N1S(=O)(=O)c1cccs1. The molecule has 1 atom stereocenters. The van der Waals surface area contributed by atoms with Crippen molar-refractivity contribution in [2.75, 3.05) is 0 Å². The highest BCUT2D eigenvalue weighted by Crippen LogP contribution is 2.29. The number of carboxylic acid groups (broad SMARTS) is 1. The van der Waals surface area contributed by atoms with Gasteiger partial charge in [0.1, 0.15) is 10.3 Å². The second-order valence-corrected chi connectivity index (χ2v) is 6.51. The van der Waals surface area contributed by atoms with Gasteiger partial charge in [-0.05, 0) is 17.9 Å². The molecular formula is C9H9NO5S2. The van der Waals surface area contributed by atoms with Gasteiger partial charge in [-0.1, -0.05) is 6.07 Å². The molecule has 0 bridgehead atoms. The van der Waals surface area contributed by atoms with E-state index in [9.17, 15) is 18.0 Å². The van der Waals surface area contributed by atoms with Crippen LogP contribution in [0.15, 0.2) is 21.7 Å². The molecule has 1 N–H and O–H groups in total. The molecule has 1 aromatic heterocycles. The molecule has 0 aliphatic carbocycles. The van der Waals surface area contributed by atoms with E-state index < -0.39 is 27.9 Å². The number of carboxylic acids is 1. The number of hydrogen-bond acceptors (Lipinski definition) is 5. The van der Waals surface area contributed by atoms with Crippen molar-refractivity contribution in [3.05, 3.63) is 17.5 Å². The van der Waals surface area contributed by atoms with Gasteiger partial charge < -0.3 is 5.11 Å². The zero-order valence-corrected chi connectivity index (χ0v) is 10.2. The molecule has 1 saturated heterocycles. The van der Waals surface area contributed by atoms with Crippen molar-refractivity contribution in [3.63, 3.8) is 0 Å². The second-order valence-electron chi connectivity index (χ2n) is 3.52. The minimum Gasteiger partial charge on any atom is -0.480 e. The third kappa shape index (κ3) is 1.93. The van der Waals surface area contributed by atoms with Crippen LogP contribution in [0.2, 0.25) is 0 Å². The molecule has 2 rings (SSSR count). The van der Waals surface area contributed by atoms with Gasteiger partial charge in [-0.2, -0.15) is 0 Å². The summed E-state index contributed by atoms with van der Waals surface area (Å²) in [7, 11) is -4.02. The molecule has 17 heavy (non-hydrogen) atoms. The normalized spacial score (nSPS) is 20.8. The van der Waals surface area contributed by atoms with Gasteiger partial charge in [0.05, 0.1) is 0 Å². The van der Waals surface area contributed by atoms with Crippen LogP contribution >= 0.6 is 11.3 Å². The van der Waals surface area contributed by atoms with Crippen LogP contribution in [0, 0.1) is 0 Å². The monoisotopic (exact) mass is 275 g/mol. The number of hydrogen-bond donors (Lipinski definition) is 1. The lowest BCUT2D eigenvalue weighted by molar-refractivity contribution is -0.143. The van der Waals surface area contributed by atoms with Crippen molar-refractivity contribution in [1.29, 1.82) is 0 Å². The lowest BCUT2D eigenvalue weighted by Crippen LogP contribution is -2.42. The van der Waals surface area contributed by atoms with Crippen molar-refractivity contribution in [1.82, 2.24) is 4.31 Å². The summed E-state index contributed by atoms with van der Waals surface area (Å²) in [5.41, 5.74) is 0. The Morgan fingerprint density at radius 1 is 1.53 bits per heavy atom. The molecule has 1 fully saturated rings. The van der Waals surface area contributed by atoms with E-state index in [-0.39, 0.29) is 17.1 Å². The number of aliphatic carboxylic acids is 1. The third-order valence-electron chi connectivity index (χ3n) is 2.45. The average molecular weight is 275 g/mol. The van der Waals surface area contributed by atoms with Gasteiger partial charge in [-0.3, -0.25) is 4.79 Å². The molecule has 1 aliphatic rings. The maximum Gasteiger partial charge on any atom is 0.327 e. The largest absolute Gasteiger partial charge is 0.480 e. The average Bonchev–Trinajstić information content (AvgIpc) is 2.84. The van der Waals surface area contributed by atoms with E-state index in [4.69, 9.17) is 5.11 Å². The van der Waals surface area contributed by atoms with Gasteiger partial charge in [0.25, 0.3) is 10.0 Å². The van der Waals surface area contributed by atoms with E-state index in [0.717, 1.165) is 11.3 Å². The van der Waals surface area contributed by atoms with Crippen LogP contribution in [0.4, 0.5) is 0 Å². The third-order valence-corrected chi connectivity index (χ3v) is 5.66. The fourth-order valence-electron chi connectivity index (χ4n) is 1.69. The molecule has 0 aromatic carbocycles. The Hall–Kier alpha value is -1.41. The molecule has 1 aliphatic heterocycles. The van der Waals surface area contributed by atoms with Crippen molar-refractivity contribution in [2.24, 2.45) is 0 Å². The molecule has 0 radical (unpaired) electrons. The number of nitrogens with zero attached hydrogens (tertiary/aromatic N) is 1. The number of carbonyl (C=O) groups excluding carboxylic acids is 1. The van der Waals surface area contributed by atoms with E-state index in [2.05, 4.69) is 0 Å². The van der Waals surface area contributed by atoms with Crippen LogP contribution in [0.25, 0.3) is 0 Å². The molecular weight excluding hydrogens is 266 g/mol. The fourth-order valence-corrected chi connectivity index (χ4v) is 4.37. The van der Waals surface area contributed by atoms with Crippen LogP contribution in [0.3, 0.4) is 0 Å². The Morgan fingerprint density at radius 2 is 2.24 bits per heavy atom. The van der Waals surface area contributed by atoms with E-state index in [1.807, 2.05) is 0 Å². The number of amides is 1. The number of thiophene rings is 1. The number of carbonyl (C=O) groups is 2. The number of sulfonamides is 1. The molecule has 8 heteroatoms. The molecule has 6 nitrogen and oxygen atoms in total. The highest BCUT2D eigenvalue weighted by Gasteiger charge is 2.44. The zero-order chi connectivity index (χ0) is 12.6. The Bertz CT molecular complexity index is 548. The Labute approximate surface area is 102 Å². The van der Waals surface area contributed by atoms with Gasteiger partial charge in [-0.25, -0.2) is 17.5 Å². The van der Waals surface area contributed by atoms with Crippen LogP contribution < -0.4 is 0 Å². The molecule has 1 aromatic rings. The van der Waals surface area contributed by atoms with Crippen molar-refractivity contribution >= 4 is 33.2 Å². The maximum absolute atomic E-state index is 12.1. The molecule has 2 heterocycles. The van der Waals surface area contributed by atoms with Gasteiger partial charge in [0.15, 0.2) is 0 Å². The zero-order valence-electron chi connectivity index (χ0n) is 8.57. The highest BCUT2D eigenvalue weighted by atomic mass is 32.2. The van der Waals surface area contributed by atoms with Crippen molar-refractivity contribution in [3.8, 4) is 0 Å². The molecule has 0 spiro atoms. The summed E-state index contributed by atoms with van der Waals surface area (Å²) in [5, 5.41) is 10.5. The first kappa shape index (κ1) is 12.1. The van der Waals surface area contributed by atoms with Crippen LogP contribution in [-0.2, 0) is 19.6 Å². The Kier molecular flexibility index (Phi) is 2.92. The summed E-state index contributed by atoms with van der Waals surface area (Å²) in [6.45, 7) is 0. The van der Waals surface area contributed by atoms with Crippen LogP contribution in [0.1, 0.15) is 12.8 Å². The second kappa shape index (κ2) is 4.11. The fraction of sp³-hybridized carbons (Fsp3) is 0.333. The first-order chi connectivity index (χ1) is 7.94. The quantitative estimate of drug-likeness (QED) is 0.868. The summed E-state index contributed by atoms with van der Waals surface area (Å²) in [6, 6.07) is 1.60. The summed E-state index contributed by atoms with van der Waals surface area (Å²) >= 11 is 0.958. The minimum atomic E-state index is -4.02. The lowest BCUT2D eigenvalue weighted by atomic mass is 10.2. The summed E-state index contributed by atoms with van der Waals surface area (Å²) < 4.78 is 24.6. The van der Waals surface area contributed by atoms with Crippen LogP contribution in [0.5, 0.6) is 0 Å². The van der Waals surface area contributed by atoms with Crippen LogP contribution in [-0.4, -0.2) is 35.7 Å². The lowest BCUT2D eigenvalue weighted by Gasteiger charge is -2.20. The standard InChI is InChI=1S/C9H9NO5S2/c11-7-4-3-6(9(12)13)10(7)17(14,15)8-2-1-5-16-8/h1-2,5-6H,3-4H2,(H,12,13). The highest BCUT2D eigenvalue weighted by molar-refractivity contribution is 7.91. The summed E-state index contributed by atoms with van der Waals surface area (Å²) in [5.74, 6) is -1.96. The smallest absolute Gasteiger partial charge is 0.327 e. The van der Waals surface area contributed by atoms with Crippen molar-refractivity contribution < 1.29 is 23.1 Å². The summed E-state index contributed by atoms with van der Waals surface area (Å²) in [4.78, 5) is 22.4. The van der Waals surface area contributed by atoms with E-state index >= 15 is 0 Å². The Balaban J connectivity index is 2.45. The van der Waals surface area contributed by atoms with E-state index in [1.54, 1.807) is 5.38 Å². The van der Waals surface area contributed by atoms with E-state index in [0.29, 0.717) is 4.31 Å². The maximum atomic E-state index is 12.1. The first-order valence-corrected chi connectivity index (χ1v) is 7.10. The molecule has 1 amide bonds. The molecule has 92 valence electrons. The summed E-state index contributed by atoms with van der Waals surface area (Å²) in [6.07, 6.45) is -0.0274. The topological polar surface area (TPSA) is 91.8 Å². The number of rotatable bonds is 3. The molecule has 0 saturated carbocycles. The van der Waals surface area contributed by atoms with Gasteiger partial charge in [-0.15, -0.1) is 11.3 Å². The van der Waals surface area contributed by atoms with Crippen molar-refractivity contribution in [2.45, 2.75) is 23.1 Å². The predicted octanol–water partition coefficient (Wildman–Crippen LogP) is 0.512. The van der Waals surface area contributed by atoms with E-state index in [1.165, 1.54) is 12.1 Å². The predicted molar refractivity (Wildman–Crippen MR) is 59.0 cm³/mol. The first-order valence-electron chi connectivity index (χ1n) is 4.78. The van der Waals surface area contributed by atoms with Gasteiger partial charge >= 0.3 is 5.97 Å². The Morgan fingerprint density at radius 3 is 2.76 bits per heavy atom. The minimum absolute atomic E-state index is 0.0148. The molecule has 1 unspecified atom stereocenters. The van der Waals surface area contributed by atoms with Gasteiger partial charge in [0.2, 0.25) is 5.91 Å².